The van der Waals surface area contributed by atoms with Crippen molar-refractivity contribution >= 4 is 27.5 Å². The zero-order valence-corrected chi connectivity index (χ0v) is 14.2. The van der Waals surface area contributed by atoms with Gasteiger partial charge in [0.15, 0.2) is 0 Å². The van der Waals surface area contributed by atoms with E-state index in [2.05, 4.69) is 15.3 Å². The van der Waals surface area contributed by atoms with Crippen molar-refractivity contribution in [2.45, 2.75) is 6.54 Å². The van der Waals surface area contributed by atoms with E-state index in [0.717, 1.165) is 26.4 Å². The van der Waals surface area contributed by atoms with Gasteiger partial charge in [0.1, 0.15) is 5.01 Å². The Kier molecular flexibility index (Phi) is 4.23. The Hall–Kier alpha value is -3.05. The van der Waals surface area contributed by atoms with Crippen LogP contribution in [-0.2, 0) is 6.54 Å². The lowest BCUT2D eigenvalue weighted by molar-refractivity contribution is 0.0951. The highest BCUT2D eigenvalue weighted by molar-refractivity contribution is 7.21. The number of hydrogen-bond donors (Lipinski definition) is 1. The molecular formula is C20H15N3OS. The third-order valence-electron chi connectivity index (χ3n) is 3.85. The van der Waals surface area contributed by atoms with E-state index in [1.54, 1.807) is 23.7 Å². The Morgan fingerprint density at radius 3 is 2.72 bits per heavy atom. The number of carbonyl (C=O) groups is 1. The van der Waals surface area contributed by atoms with Gasteiger partial charge in [0.25, 0.3) is 5.91 Å². The Balaban J connectivity index is 1.55. The second-order valence-electron chi connectivity index (χ2n) is 5.61. The number of carbonyl (C=O) groups excluding carboxylic acids is 1. The molecule has 122 valence electrons. The van der Waals surface area contributed by atoms with Crippen LogP contribution in [-0.4, -0.2) is 15.9 Å². The highest BCUT2D eigenvalue weighted by Crippen LogP contribution is 2.30. The topological polar surface area (TPSA) is 54.9 Å². The van der Waals surface area contributed by atoms with Crippen molar-refractivity contribution in [3.8, 4) is 10.6 Å². The summed E-state index contributed by atoms with van der Waals surface area (Å²) in [5.74, 6) is -0.0968. The molecule has 0 radical (unpaired) electrons. The molecule has 1 N–H and O–H groups in total. The summed E-state index contributed by atoms with van der Waals surface area (Å²) in [7, 11) is 0. The maximum absolute atomic E-state index is 12.4. The Morgan fingerprint density at radius 1 is 1.04 bits per heavy atom. The fraction of sp³-hybridized carbons (Fsp3) is 0.0500. The van der Waals surface area contributed by atoms with E-state index in [-0.39, 0.29) is 5.91 Å². The van der Waals surface area contributed by atoms with E-state index in [4.69, 9.17) is 0 Å². The number of aromatic nitrogens is 2. The van der Waals surface area contributed by atoms with Gasteiger partial charge >= 0.3 is 0 Å². The first-order valence-electron chi connectivity index (χ1n) is 7.93. The van der Waals surface area contributed by atoms with Crippen LogP contribution in [0.1, 0.15) is 15.9 Å². The number of nitrogens with zero attached hydrogens (tertiary/aromatic N) is 2. The fourth-order valence-electron chi connectivity index (χ4n) is 2.56. The average molecular weight is 345 g/mol. The summed E-state index contributed by atoms with van der Waals surface area (Å²) in [6.07, 6.45) is 3.46. The van der Waals surface area contributed by atoms with Gasteiger partial charge in [-0.05, 0) is 29.8 Å². The van der Waals surface area contributed by atoms with Gasteiger partial charge in [-0.3, -0.25) is 9.78 Å². The first-order valence-corrected chi connectivity index (χ1v) is 8.74. The van der Waals surface area contributed by atoms with Crippen molar-refractivity contribution in [2.24, 2.45) is 0 Å². The van der Waals surface area contributed by atoms with Gasteiger partial charge in [-0.15, -0.1) is 11.3 Å². The molecule has 4 aromatic rings. The molecule has 2 aromatic carbocycles. The van der Waals surface area contributed by atoms with Crippen LogP contribution in [0.5, 0.6) is 0 Å². The predicted molar refractivity (Wildman–Crippen MR) is 100 cm³/mol. The van der Waals surface area contributed by atoms with Gasteiger partial charge in [0, 0.05) is 30.1 Å². The lowest BCUT2D eigenvalue weighted by Crippen LogP contribution is -2.22. The van der Waals surface area contributed by atoms with E-state index in [1.165, 1.54) is 0 Å². The van der Waals surface area contributed by atoms with Gasteiger partial charge in [-0.1, -0.05) is 36.4 Å². The van der Waals surface area contributed by atoms with E-state index in [9.17, 15) is 4.79 Å². The van der Waals surface area contributed by atoms with E-state index in [1.807, 2.05) is 60.7 Å². The number of pyridine rings is 1. The Labute approximate surface area is 149 Å². The van der Waals surface area contributed by atoms with E-state index < -0.39 is 0 Å². The fourth-order valence-corrected chi connectivity index (χ4v) is 3.57. The van der Waals surface area contributed by atoms with Gasteiger partial charge in [-0.25, -0.2) is 4.98 Å². The minimum absolute atomic E-state index is 0.0968. The molecule has 0 saturated heterocycles. The number of hydrogen-bond acceptors (Lipinski definition) is 4. The molecule has 5 heteroatoms. The Morgan fingerprint density at radius 2 is 1.92 bits per heavy atom. The quantitative estimate of drug-likeness (QED) is 0.600. The smallest absolute Gasteiger partial charge is 0.251 e. The summed E-state index contributed by atoms with van der Waals surface area (Å²) >= 11 is 1.60. The second kappa shape index (κ2) is 6.83. The molecule has 0 fully saturated rings. The molecule has 0 aliphatic heterocycles. The van der Waals surface area contributed by atoms with Crippen molar-refractivity contribution in [1.29, 1.82) is 0 Å². The largest absolute Gasteiger partial charge is 0.348 e. The van der Waals surface area contributed by atoms with Crippen molar-refractivity contribution < 1.29 is 4.79 Å². The summed E-state index contributed by atoms with van der Waals surface area (Å²) in [4.78, 5) is 21.1. The molecule has 0 aliphatic carbocycles. The van der Waals surface area contributed by atoms with Crippen LogP contribution in [0.3, 0.4) is 0 Å². The standard InChI is InChI=1S/C20H15N3OS/c24-19(22-13-14-5-4-10-21-12-14)16-8-9-17-18(11-16)25-20(23-17)15-6-2-1-3-7-15/h1-12H,13H2,(H,22,24). The molecule has 1 amide bonds. The number of nitrogens with one attached hydrogen (secondary N) is 1. The number of thiazole rings is 1. The molecule has 4 rings (SSSR count). The first kappa shape index (κ1) is 15.5. The molecular weight excluding hydrogens is 330 g/mol. The number of benzene rings is 2. The minimum Gasteiger partial charge on any atom is -0.348 e. The van der Waals surface area contributed by atoms with Gasteiger partial charge in [0.05, 0.1) is 10.2 Å². The highest BCUT2D eigenvalue weighted by atomic mass is 32.1. The van der Waals surface area contributed by atoms with Crippen LogP contribution in [0.15, 0.2) is 73.1 Å². The van der Waals surface area contributed by atoms with Crippen LogP contribution in [0.4, 0.5) is 0 Å². The lowest BCUT2D eigenvalue weighted by Gasteiger charge is -2.04. The summed E-state index contributed by atoms with van der Waals surface area (Å²) in [6.45, 7) is 0.461. The second-order valence-corrected chi connectivity index (χ2v) is 6.64. The zero-order chi connectivity index (χ0) is 17.1. The number of rotatable bonds is 4. The number of amides is 1. The van der Waals surface area contributed by atoms with Crippen molar-refractivity contribution in [3.63, 3.8) is 0 Å². The van der Waals surface area contributed by atoms with Crippen LogP contribution in [0.25, 0.3) is 20.8 Å². The molecule has 0 aliphatic rings. The number of fused-ring (bicyclic) bond motifs is 1. The van der Waals surface area contributed by atoms with Crippen LogP contribution >= 0.6 is 11.3 Å². The molecule has 0 bridgehead atoms. The molecule has 2 aromatic heterocycles. The summed E-state index contributed by atoms with van der Waals surface area (Å²) in [5.41, 5.74) is 3.61. The minimum atomic E-state index is -0.0968. The van der Waals surface area contributed by atoms with Gasteiger partial charge in [-0.2, -0.15) is 0 Å². The monoisotopic (exact) mass is 345 g/mol. The SMILES string of the molecule is O=C(NCc1cccnc1)c1ccc2nc(-c3ccccc3)sc2c1. The zero-order valence-electron chi connectivity index (χ0n) is 13.3. The summed E-state index contributed by atoms with van der Waals surface area (Å²) in [5, 5.41) is 3.89. The molecule has 4 nitrogen and oxygen atoms in total. The average Bonchev–Trinajstić information content (AvgIpc) is 3.11. The lowest BCUT2D eigenvalue weighted by atomic mass is 10.2. The van der Waals surface area contributed by atoms with Crippen molar-refractivity contribution in [1.82, 2.24) is 15.3 Å². The third-order valence-corrected chi connectivity index (χ3v) is 4.91. The summed E-state index contributed by atoms with van der Waals surface area (Å²) < 4.78 is 1.01. The van der Waals surface area contributed by atoms with Crippen molar-refractivity contribution in [3.05, 3.63) is 84.2 Å². The van der Waals surface area contributed by atoms with Crippen LogP contribution in [0.2, 0.25) is 0 Å². The van der Waals surface area contributed by atoms with Crippen LogP contribution < -0.4 is 5.32 Å². The van der Waals surface area contributed by atoms with E-state index in [0.29, 0.717) is 12.1 Å². The normalized spacial score (nSPS) is 10.7. The van der Waals surface area contributed by atoms with Crippen LogP contribution in [0, 0.1) is 0 Å². The predicted octanol–water partition coefficient (Wildman–Crippen LogP) is 4.29. The molecule has 2 heterocycles. The molecule has 0 saturated carbocycles. The maximum Gasteiger partial charge on any atom is 0.251 e. The maximum atomic E-state index is 12.4. The van der Waals surface area contributed by atoms with Gasteiger partial charge < -0.3 is 5.32 Å². The highest BCUT2D eigenvalue weighted by Gasteiger charge is 2.10. The molecule has 0 spiro atoms. The van der Waals surface area contributed by atoms with Crippen molar-refractivity contribution in [2.75, 3.05) is 0 Å². The molecule has 25 heavy (non-hydrogen) atoms. The Bertz CT molecular complexity index is 1010. The molecule has 0 atom stereocenters. The molecule has 0 unspecified atom stereocenters. The van der Waals surface area contributed by atoms with E-state index >= 15 is 0 Å². The third kappa shape index (κ3) is 3.41. The summed E-state index contributed by atoms with van der Waals surface area (Å²) in [6, 6.07) is 19.5. The first-order chi connectivity index (χ1) is 12.3. The van der Waals surface area contributed by atoms with Gasteiger partial charge in [0.2, 0.25) is 0 Å².